The lowest BCUT2D eigenvalue weighted by molar-refractivity contribution is -0.137. The summed E-state index contributed by atoms with van der Waals surface area (Å²) in [7, 11) is 0. The molecular weight excluding hydrogens is 248 g/mol. The molecular formula is C17H26N2O. The fraction of sp³-hybridized carbons (Fsp3) is 0.588. The van der Waals surface area contributed by atoms with Crippen molar-refractivity contribution in [2.75, 3.05) is 5.32 Å². The third kappa shape index (κ3) is 3.33. The largest absolute Gasteiger partial charge is 0.374 e. The number of amides is 1. The first-order chi connectivity index (χ1) is 9.49. The van der Waals surface area contributed by atoms with Gasteiger partial charge in [-0.25, -0.2) is 0 Å². The third-order valence-electron chi connectivity index (χ3n) is 4.25. The van der Waals surface area contributed by atoms with E-state index in [9.17, 15) is 4.79 Å². The molecule has 0 radical (unpaired) electrons. The molecule has 1 heterocycles. The molecule has 0 saturated carbocycles. The Hall–Kier alpha value is -1.51. The molecule has 0 aromatic heterocycles. The topological polar surface area (TPSA) is 32.3 Å². The van der Waals surface area contributed by atoms with Crippen LogP contribution in [-0.2, 0) is 4.79 Å². The Kier molecular flexibility index (Phi) is 4.69. The second-order valence-corrected chi connectivity index (χ2v) is 6.11. The van der Waals surface area contributed by atoms with Crippen LogP contribution in [0.25, 0.3) is 0 Å². The van der Waals surface area contributed by atoms with Crippen molar-refractivity contribution in [3.05, 3.63) is 29.8 Å². The Bertz CT molecular complexity index is 445. The maximum Gasteiger partial charge on any atom is 0.245 e. The molecule has 110 valence electrons. The van der Waals surface area contributed by atoms with E-state index in [4.69, 9.17) is 0 Å². The number of likely N-dealkylation sites (tertiary alicyclic amines) is 1. The van der Waals surface area contributed by atoms with Crippen LogP contribution in [0.15, 0.2) is 24.3 Å². The fourth-order valence-electron chi connectivity index (χ4n) is 3.04. The molecule has 3 nitrogen and oxygen atoms in total. The summed E-state index contributed by atoms with van der Waals surface area (Å²) < 4.78 is 0. The van der Waals surface area contributed by atoms with Gasteiger partial charge in [0.25, 0.3) is 0 Å². The van der Waals surface area contributed by atoms with Gasteiger partial charge in [-0.2, -0.15) is 0 Å². The van der Waals surface area contributed by atoms with Crippen molar-refractivity contribution in [2.45, 2.75) is 65.1 Å². The molecule has 1 N–H and O–H groups in total. The number of benzene rings is 1. The van der Waals surface area contributed by atoms with Gasteiger partial charge in [0.1, 0.15) is 6.04 Å². The van der Waals surface area contributed by atoms with Crippen molar-refractivity contribution in [3.8, 4) is 0 Å². The number of aryl methyl sites for hydroxylation is 1. The van der Waals surface area contributed by atoms with E-state index in [0.717, 1.165) is 18.5 Å². The van der Waals surface area contributed by atoms with E-state index in [-0.39, 0.29) is 11.9 Å². The monoisotopic (exact) mass is 274 g/mol. The highest BCUT2D eigenvalue weighted by Crippen LogP contribution is 2.24. The van der Waals surface area contributed by atoms with Crippen LogP contribution in [0.1, 0.15) is 45.6 Å². The summed E-state index contributed by atoms with van der Waals surface area (Å²) >= 11 is 0. The molecule has 1 aromatic carbocycles. The SMILES string of the molecule is Cc1ccc(N[C@H](C)C(=O)N2[C@@H](C)CCC[C@@H]2C)cc1. The van der Waals surface area contributed by atoms with Gasteiger partial charge in [-0.05, 0) is 59.1 Å². The number of nitrogens with one attached hydrogen (secondary N) is 1. The van der Waals surface area contributed by atoms with Gasteiger partial charge in [0.05, 0.1) is 0 Å². The third-order valence-corrected chi connectivity index (χ3v) is 4.25. The normalized spacial score (nSPS) is 24.3. The first kappa shape index (κ1) is 14.9. The molecule has 1 aromatic rings. The lowest BCUT2D eigenvalue weighted by atomic mass is 9.96. The van der Waals surface area contributed by atoms with Crippen LogP contribution in [0, 0.1) is 6.92 Å². The van der Waals surface area contributed by atoms with Crippen LogP contribution in [-0.4, -0.2) is 28.9 Å². The molecule has 0 aliphatic carbocycles. The summed E-state index contributed by atoms with van der Waals surface area (Å²) in [5, 5.41) is 3.32. The van der Waals surface area contributed by atoms with Gasteiger partial charge < -0.3 is 10.2 Å². The summed E-state index contributed by atoms with van der Waals surface area (Å²) in [5.74, 6) is 0.213. The predicted molar refractivity (Wildman–Crippen MR) is 83.9 cm³/mol. The number of nitrogens with zero attached hydrogens (tertiary/aromatic N) is 1. The van der Waals surface area contributed by atoms with E-state index in [1.54, 1.807) is 0 Å². The quantitative estimate of drug-likeness (QED) is 0.913. The molecule has 1 amide bonds. The van der Waals surface area contributed by atoms with Crippen LogP contribution in [0.5, 0.6) is 0 Å². The van der Waals surface area contributed by atoms with Crippen molar-refractivity contribution in [3.63, 3.8) is 0 Å². The zero-order valence-electron chi connectivity index (χ0n) is 13.0. The highest BCUT2D eigenvalue weighted by atomic mass is 16.2. The maximum atomic E-state index is 12.7. The van der Waals surface area contributed by atoms with E-state index < -0.39 is 0 Å². The summed E-state index contributed by atoms with van der Waals surface area (Å²) in [6, 6.07) is 8.71. The Labute approximate surface area is 122 Å². The molecule has 0 unspecified atom stereocenters. The second kappa shape index (κ2) is 6.29. The van der Waals surface area contributed by atoms with Crippen molar-refractivity contribution in [1.82, 2.24) is 4.90 Å². The van der Waals surface area contributed by atoms with E-state index in [1.165, 1.54) is 12.0 Å². The highest BCUT2D eigenvalue weighted by Gasteiger charge is 2.31. The van der Waals surface area contributed by atoms with Gasteiger partial charge in [0, 0.05) is 17.8 Å². The standard InChI is InChI=1S/C17H26N2O/c1-12-8-10-16(11-9-12)18-15(4)17(20)19-13(2)6-5-7-14(19)3/h8-11,13-15,18H,5-7H2,1-4H3/t13-,14-,15+/m0/s1. The van der Waals surface area contributed by atoms with Crippen LogP contribution in [0.4, 0.5) is 5.69 Å². The number of anilines is 1. The van der Waals surface area contributed by atoms with Gasteiger partial charge in [-0.1, -0.05) is 17.7 Å². The Balaban J connectivity index is 2.02. The highest BCUT2D eigenvalue weighted by molar-refractivity contribution is 5.85. The molecule has 20 heavy (non-hydrogen) atoms. The first-order valence-corrected chi connectivity index (χ1v) is 7.64. The van der Waals surface area contributed by atoms with Gasteiger partial charge in [-0.3, -0.25) is 4.79 Å². The predicted octanol–water partition coefficient (Wildman–Crippen LogP) is 3.58. The minimum Gasteiger partial charge on any atom is -0.374 e. The number of hydrogen-bond donors (Lipinski definition) is 1. The zero-order chi connectivity index (χ0) is 14.7. The Morgan fingerprint density at radius 1 is 1.20 bits per heavy atom. The smallest absolute Gasteiger partial charge is 0.245 e. The van der Waals surface area contributed by atoms with Gasteiger partial charge in [-0.15, -0.1) is 0 Å². The maximum absolute atomic E-state index is 12.7. The molecule has 1 saturated heterocycles. The minimum absolute atomic E-state index is 0.180. The van der Waals surface area contributed by atoms with E-state index in [1.807, 2.05) is 19.1 Å². The van der Waals surface area contributed by atoms with Gasteiger partial charge in [0.2, 0.25) is 5.91 Å². The van der Waals surface area contributed by atoms with Crippen LogP contribution >= 0.6 is 0 Å². The van der Waals surface area contributed by atoms with E-state index >= 15 is 0 Å². The average Bonchev–Trinajstić information content (AvgIpc) is 2.41. The van der Waals surface area contributed by atoms with E-state index in [0.29, 0.717) is 12.1 Å². The number of carbonyl (C=O) groups is 1. The molecule has 1 aliphatic rings. The van der Waals surface area contributed by atoms with Crippen molar-refractivity contribution in [2.24, 2.45) is 0 Å². The summed E-state index contributed by atoms with van der Waals surface area (Å²) in [4.78, 5) is 14.7. The summed E-state index contributed by atoms with van der Waals surface area (Å²) in [5.41, 5.74) is 2.24. The van der Waals surface area contributed by atoms with Crippen LogP contribution < -0.4 is 5.32 Å². The molecule has 0 bridgehead atoms. The Morgan fingerprint density at radius 2 is 1.75 bits per heavy atom. The molecule has 2 rings (SSSR count). The number of hydrogen-bond acceptors (Lipinski definition) is 2. The number of carbonyl (C=O) groups excluding carboxylic acids is 1. The van der Waals surface area contributed by atoms with Crippen LogP contribution in [0.3, 0.4) is 0 Å². The molecule has 3 atom stereocenters. The summed E-state index contributed by atoms with van der Waals surface area (Å²) in [6.07, 6.45) is 3.46. The number of piperidine rings is 1. The lowest BCUT2D eigenvalue weighted by Crippen LogP contribution is -2.52. The van der Waals surface area contributed by atoms with Crippen LogP contribution in [0.2, 0.25) is 0 Å². The van der Waals surface area contributed by atoms with Crippen molar-refractivity contribution >= 4 is 11.6 Å². The van der Waals surface area contributed by atoms with Gasteiger partial charge in [0.15, 0.2) is 0 Å². The lowest BCUT2D eigenvalue weighted by Gasteiger charge is -2.40. The molecule has 1 fully saturated rings. The van der Waals surface area contributed by atoms with Crippen molar-refractivity contribution < 1.29 is 4.79 Å². The molecule has 1 aliphatic heterocycles. The minimum atomic E-state index is -0.180. The number of rotatable bonds is 3. The average molecular weight is 274 g/mol. The zero-order valence-corrected chi connectivity index (χ0v) is 13.0. The molecule has 0 spiro atoms. The van der Waals surface area contributed by atoms with Crippen molar-refractivity contribution in [1.29, 1.82) is 0 Å². The fourth-order valence-corrected chi connectivity index (χ4v) is 3.04. The second-order valence-electron chi connectivity index (χ2n) is 6.11. The first-order valence-electron chi connectivity index (χ1n) is 7.64. The van der Waals surface area contributed by atoms with Gasteiger partial charge >= 0.3 is 0 Å². The Morgan fingerprint density at radius 3 is 2.30 bits per heavy atom. The molecule has 3 heteroatoms. The van der Waals surface area contributed by atoms with E-state index in [2.05, 4.69) is 43.1 Å². The summed E-state index contributed by atoms with van der Waals surface area (Å²) in [6.45, 7) is 8.34.